The molecular weight excluding hydrogens is 348 g/mol. The number of carbonyl (C=O) groups is 1. The monoisotopic (exact) mass is 354 g/mol. The number of nitro benzene ring substituents is 1. The molecule has 5 nitrogen and oxygen atoms in total. The Balaban J connectivity index is 2.32. The molecule has 0 spiro atoms. The van der Waals surface area contributed by atoms with Gasteiger partial charge >= 0.3 is 0 Å². The zero-order valence-corrected chi connectivity index (χ0v) is 12.3. The molecule has 0 saturated heterocycles. The van der Waals surface area contributed by atoms with Crippen LogP contribution in [0, 0.1) is 10.1 Å². The molecule has 1 amide bonds. The lowest BCUT2D eigenvalue weighted by atomic mass is 10.2. The Hall–Kier alpha value is -1.92. The molecule has 0 bridgehead atoms. The summed E-state index contributed by atoms with van der Waals surface area (Å²) >= 11 is 9.05. The van der Waals surface area contributed by atoms with Gasteiger partial charge in [-0.05, 0) is 30.3 Å². The van der Waals surface area contributed by atoms with Gasteiger partial charge in [0, 0.05) is 21.1 Å². The molecule has 7 heteroatoms. The van der Waals surface area contributed by atoms with Crippen LogP contribution in [0.15, 0.2) is 46.9 Å². The highest BCUT2D eigenvalue weighted by Gasteiger charge is 2.17. The number of hydrogen-bond donors (Lipinski definition) is 1. The molecule has 0 aliphatic rings. The van der Waals surface area contributed by atoms with Crippen molar-refractivity contribution in [3.8, 4) is 0 Å². The first-order chi connectivity index (χ1) is 9.47. The van der Waals surface area contributed by atoms with Crippen molar-refractivity contribution < 1.29 is 9.72 Å². The number of amides is 1. The molecule has 0 fully saturated rings. The normalized spacial score (nSPS) is 10.1. The highest BCUT2D eigenvalue weighted by molar-refractivity contribution is 9.10. The molecule has 0 aliphatic carbocycles. The lowest BCUT2D eigenvalue weighted by Gasteiger charge is -2.06. The Morgan fingerprint density at radius 1 is 1.25 bits per heavy atom. The highest BCUT2D eigenvalue weighted by atomic mass is 79.9. The minimum atomic E-state index is -0.577. The van der Waals surface area contributed by atoms with E-state index in [-0.39, 0.29) is 11.4 Å². The molecule has 102 valence electrons. The second-order valence-electron chi connectivity index (χ2n) is 3.88. The minimum absolute atomic E-state index is 0.0625. The minimum Gasteiger partial charge on any atom is -0.316 e. The second kappa shape index (κ2) is 6.02. The van der Waals surface area contributed by atoms with Crippen molar-refractivity contribution in [1.29, 1.82) is 0 Å². The maximum atomic E-state index is 12.1. The first-order valence-corrected chi connectivity index (χ1v) is 6.65. The molecule has 0 radical (unpaired) electrons. The number of nitro groups is 1. The quantitative estimate of drug-likeness (QED) is 0.660. The van der Waals surface area contributed by atoms with Crippen LogP contribution < -0.4 is 5.32 Å². The first-order valence-electron chi connectivity index (χ1n) is 5.48. The van der Waals surface area contributed by atoms with Crippen LogP contribution in [0.2, 0.25) is 5.02 Å². The van der Waals surface area contributed by atoms with Crippen LogP contribution in [0.5, 0.6) is 0 Å². The van der Waals surface area contributed by atoms with Crippen LogP contribution in [-0.4, -0.2) is 10.8 Å². The Morgan fingerprint density at radius 2 is 2.00 bits per heavy atom. The molecular formula is C13H8BrClN2O3. The van der Waals surface area contributed by atoms with E-state index in [1.807, 2.05) is 0 Å². The van der Waals surface area contributed by atoms with Crippen molar-refractivity contribution in [3.05, 3.63) is 67.6 Å². The predicted octanol–water partition coefficient (Wildman–Crippen LogP) is 4.26. The molecule has 2 rings (SSSR count). The second-order valence-corrected chi connectivity index (χ2v) is 5.24. The predicted molar refractivity (Wildman–Crippen MR) is 80.2 cm³/mol. The van der Waals surface area contributed by atoms with Gasteiger partial charge in [-0.1, -0.05) is 33.6 Å². The standard InChI is InChI=1S/C13H8BrClN2O3/c14-9-3-1-2-8(6-9)13(18)16-11-7-10(15)4-5-12(11)17(19)20/h1-7H,(H,16,18). The smallest absolute Gasteiger partial charge is 0.292 e. The van der Waals surface area contributed by atoms with Crippen molar-refractivity contribution >= 4 is 44.8 Å². The van der Waals surface area contributed by atoms with Crippen molar-refractivity contribution in [1.82, 2.24) is 0 Å². The number of anilines is 1. The zero-order chi connectivity index (χ0) is 14.7. The highest BCUT2D eigenvalue weighted by Crippen LogP contribution is 2.28. The van der Waals surface area contributed by atoms with Gasteiger partial charge in [0.05, 0.1) is 4.92 Å². The summed E-state index contributed by atoms with van der Waals surface area (Å²) < 4.78 is 0.741. The SMILES string of the molecule is O=C(Nc1cc(Cl)ccc1[N+](=O)[O-])c1cccc(Br)c1. The van der Waals surface area contributed by atoms with E-state index in [0.29, 0.717) is 10.6 Å². The molecule has 2 aromatic carbocycles. The molecule has 0 saturated carbocycles. The molecule has 0 heterocycles. The maximum absolute atomic E-state index is 12.1. The van der Waals surface area contributed by atoms with Gasteiger partial charge in [0.2, 0.25) is 0 Å². The van der Waals surface area contributed by atoms with Gasteiger partial charge in [-0.3, -0.25) is 14.9 Å². The fraction of sp³-hybridized carbons (Fsp3) is 0. The lowest BCUT2D eigenvalue weighted by molar-refractivity contribution is -0.383. The van der Waals surface area contributed by atoms with Crippen LogP contribution in [0.25, 0.3) is 0 Å². The van der Waals surface area contributed by atoms with Gasteiger partial charge in [0.15, 0.2) is 0 Å². The van der Waals surface area contributed by atoms with Crippen LogP contribution in [-0.2, 0) is 0 Å². The van der Waals surface area contributed by atoms with E-state index in [4.69, 9.17) is 11.6 Å². The van der Waals surface area contributed by atoms with E-state index < -0.39 is 10.8 Å². The third kappa shape index (κ3) is 3.34. The Kier molecular flexibility index (Phi) is 4.36. The van der Waals surface area contributed by atoms with Crippen molar-refractivity contribution in [2.45, 2.75) is 0 Å². The van der Waals surface area contributed by atoms with E-state index in [2.05, 4.69) is 21.2 Å². The molecule has 0 aliphatic heterocycles. The molecule has 20 heavy (non-hydrogen) atoms. The number of carbonyl (C=O) groups excluding carboxylic acids is 1. The van der Waals surface area contributed by atoms with Gasteiger partial charge in [-0.15, -0.1) is 0 Å². The summed E-state index contributed by atoms with van der Waals surface area (Å²) in [6.07, 6.45) is 0. The maximum Gasteiger partial charge on any atom is 0.292 e. The number of hydrogen-bond acceptors (Lipinski definition) is 3. The summed E-state index contributed by atoms with van der Waals surface area (Å²) in [5.41, 5.74) is 0.235. The summed E-state index contributed by atoms with van der Waals surface area (Å²) in [6.45, 7) is 0. The molecule has 0 aromatic heterocycles. The average Bonchev–Trinajstić information content (AvgIpc) is 2.38. The molecule has 1 N–H and O–H groups in total. The molecule has 2 aromatic rings. The van der Waals surface area contributed by atoms with E-state index in [1.165, 1.54) is 18.2 Å². The summed E-state index contributed by atoms with van der Waals surface area (Å²) in [5, 5.41) is 13.7. The topological polar surface area (TPSA) is 72.2 Å². The van der Waals surface area contributed by atoms with Crippen LogP contribution >= 0.6 is 27.5 Å². The lowest BCUT2D eigenvalue weighted by Crippen LogP contribution is -2.13. The van der Waals surface area contributed by atoms with Crippen molar-refractivity contribution in [2.24, 2.45) is 0 Å². The fourth-order valence-corrected chi connectivity index (χ4v) is 2.16. The molecule has 0 unspecified atom stereocenters. The van der Waals surface area contributed by atoms with Crippen molar-refractivity contribution in [3.63, 3.8) is 0 Å². The van der Waals surface area contributed by atoms with Gasteiger partial charge in [0.1, 0.15) is 5.69 Å². The number of nitrogens with zero attached hydrogens (tertiary/aromatic N) is 1. The Labute approximate surface area is 127 Å². The number of nitrogens with one attached hydrogen (secondary N) is 1. The van der Waals surface area contributed by atoms with E-state index >= 15 is 0 Å². The third-order valence-electron chi connectivity index (χ3n) is 2.49. The summed E-state index contributed by atoms with van der Waals surface area (Å²) in [7, 11) is 0. The van der Waals surface area contributed by atoms with E-state index in [1.54, 1.807) is 24.3 Å². The summed E-state index contributed by atoms with van der Waals surface area (Å²) in [4.78, 5) is 22.4. The first kappa shape index (κ1) is 14.5. The van der Waals surface area contributed by atoms with Gasteiger partial charge in [-0.2, -0.15) is 0 Å². The number of halogens is 2. The van der Waals surface area contributed by atoms with Crippen LogP contribution in [0.1, 0.15) is 10.4 Å². The van der Waals surface area contributed by atoms with Crippen LogP contribution in [0.3, 0.4) is 0 Å². The fourth-order valence-electron chi connectivity index (χ4n) is 1.59. The number of benzene rings is 2. The van der Waals surface area contributed by atoms with Gasteiger partial charge < -0.3 is 5.32 Å². The number of rotatable bonds is 3. The Bertz CT molecular complexity index is 691. The average molecular weight is 356 g/mol. The van der Waals surface area contributed by atoms with E-state index in [9.17, 15) is 14.9 Å². The van der Waals surface area contributed by atoms with Gasteiger partial charge in [0.25, 0.3) is 11.6 Å². The van der Waals surface area contributed by atoms with E-state index in [0.717, 1.165) is 4.47 Å². The van der Waals surface area contributed by atoms with Crippen LogP contribution in [0.4, 0.5) is 11.4 Å². The third-order valence-corrected chi connectivity index (χ3v) is 3.22. The Morgan fingerprint density at radius 3 is 2.65 bits per heavy atom. The largest absolute Gasteiger partial charge is 0.316 e. The zero-order valence-electron chi connectivity index (χ0n) is 9.97. The summed E-state index contributed by atoms with van der Waals surface area (Å²) in [6, 6.07) is 10.7. The summed E-state index contributed by atoms with van der Waals surface area (Å²) in [5.74, 6) is -0.448. The van der Waals surface area contributed by atoms with Gasteiger partial charge in [-0.25, -0.2) is 0 Å². The van der Waals surface area contributed by atoms with Crippen molar-refractivity contribution in [2.75, 3.05) is 5.32 Å². The molecule has 0 atom stereocenters.